The Kier molecular flexibility index (Phi) is 6.82. The molecule has 0 aromatic heterocycles. The van der Waals surface area contributed by atoms with E-state index in [0.717, 1.165) is 25.7 Å². The van der Waals surface area contributed by atoms with E-state index in [1.165, 1.54) is 37.1 Å². The molecule has 0 bridgehead atoms. The van der Waals surface area contributed by atoms with E-state index in [1.54, 1.807) is 6.07 Å². The molecule has 1 saturated carbocycles. The third-order valence-corrected chi connectivity index (χ3v) is 7.66. The van der Waals surface area contributed by atoms with Gasteiger partial charge in [-0.25, -0.2) is 8.42 Å². The molecule has 1 saturated heterocycles. The largest absolute Gasteiger partial charge is 0.493 e. The zero-order chi connectivity index (χ0) is 20.1. The summed E-state index contributed by atoms with van der Waals surface area (Å²) in [5.74, 6) is 1.15. The van der Waals surface area contributed by atoms with Crippen LogP contribution in [0.5, 0.6) is 11.5 Å². The molecule has 1 aromatic carbocycles. The maximum atomic E-state index is 13.0. The highest BCUT2D eigenvalue weighted by molar-refractivity contribution is 7.89. The normalized spacial score (nSPS) is 19.9. The van der Waals surface area contributed by atoms with Crippen LogP contribution < -0.4 is 14.8 Å². The summed E-state index contributed by atoms with van der Waals surface area (Å²) < 4.78 is 37.8. The van der Waals surface area contributed by atoms with Crippen molar-refractivity contribution < 1.29 is 22.7 Å². The third-order valence-electron chi connectivity index (χ3n) is 5.77. The van der Waals surface area contributed by atoms with Crippen LogP contribution >= 0.6 is 0 Å². The first kappa shape index (κ1) is 20.9. The monoisotopic (exact) mass is 410 g/mol. The quantitative estimate of drug-likeness (QED) is 0.779. The zero-order valence-electron chi connectivity index (χ0n) is 16.6. The molecule has 1 aliphatic carbocycles. The lowest BCUT2D eigenvalue weighted by molar-refractivity contribution is -0.126. The number of piperidine rings is 1. The number of benzene rings is 1. The van der Waals surface area contributed by atoms with E-state index < -0.39 is 10.0 Å². The van der Waals surface area contributed by atoms with Crippen LogP contribution in [0, 0.1) is 5.92 Å². The van der Waals surface area contributed by atoms with Crippen molar-refractivity contribution in [1.29, 1.82) is 0 Å². The predicted octanol–water partition coefficient (Wildman–Crippen LogP) is 2.55. The van der Waals surface area contributed by atoms with Gasteiger partial charge < -0.3 is 14.8 Å². The van der Waals surface area contributed by atoms with Crippen LogP contribution in [-0.2, 0) is 14.8 Å². The molecule has 28 heavy (non-hydrogen) atoms. The van der Waals surface area contributed by atoms with Crippen molar-refractivity contribution >= 4 is 15.9 Å². The summed E-state index contributed by atoms with van der Waals surface area (Å²) in [6.07, 6.45) is 6.67. The van der Waals surface area contributed by atoms with Gasteiger partial charge in [-0.3, -0.25) is 4.79 Å². The van der Waals surface area contributed by atoms with Crippen molar-refractivity contribution in [3.63, 3.8) is 0 Å². The minimum atomic E-state index is -3.61. The number of sulfonamides is 1. The average Bonchev–Trinajstić information content (AvgIpc) is 2.74. The van der Waals surface area contributed by atoms with Gasteiger partial charge in [0, 0.05) is 31.1 Å². The first-order valence-corrected chi connectivity index (χ1v) is 11.4. The van der Waals surface area contributed by atoms with Crippen LogP contribution in [0.15, 0.2) is 23.1 Å². The molecule has 0 atom stereocenters. The van der Waals surface area contributed by atoms with Gasteiger partial charge in [0.2, 0.25) is 15.9 Å². The SMILES string of the molecule is COc1ccc(S(=O)(=O)N2CCC(NC(=O)C3CCCCC3)CC2)cc1OC. The first-order valence-electron chi connectivity index (χ1n) is 9.98. The van der Waals surface area contributed by atoms with Crippen LogP contribution in [0.25, 0.3) is 0 Å². The fourth-order valence-electron chi connectivity index (χ4n) is 4.05. The summed E-state index contributed by atoms with van der Waals surface area (Å²) in [4.78, 5) is 12.6. The van der Waals surface area contributed by atoms with E-state index in [0.29, 0.717) is 37.4 Å². The van der Waals surface area contributed by atoms with Crippen molar-refractivity contribution in [3.05, 3.63) is 18.2 Å². The number of ether oxygens (including phenoxy) is 2. The zero-order valence-corrected chi connectivity index (χ0v) is 17.5. The van der Waals surface area contributed by atoms with Crippen LogP contribution in [0.2, 0.25) is 0 Å². The number of nitrogens with zero attached hydrogens (tertiary/aromatic N) is 1. The average molecular weight is 411 g/mol. The number of rotatable bonds is 6. The molecule has 1 heterocycles. The Hall–Kier alpha value is -1.80. The van der Waals surface area contributed by atoms with E-state index in [9.17, 15) is 13.2 Å². The molecule has 0 radical (unpaired) electrons. The second-order valence-electron chi connectivity index (χ2n) is 7.54. The molecular weight excluding hydrogens is 380 g/mol. The number of carbonyl (C=O) groups is 1. The van der Waals surface area contributed by atoms with Gasteiger partial charge in [0.25, 0.3) is 0 Å². The van der Waals surface area contributed by atoms with Crippen LogP contribution in [-0.4, -0.2) is 52.0 Å². The minimum absolute atomic E-state index is 0.0475. The van der Waals surface area contributed by atoms with Crippen molar-refractivity contribution in [2.45, 2.75) is 55.9 Å². The molecule has 1 amide bonds. The maximum absolute atomic E-state index is 13.0. The molecular formula is C20H30N2O5S. The Balaban J connectivity index is 1.59. The standard InChI is InChI=1S/C20H30N2O5S/c1-26-18-9-8-17(14-19(18)27-2)28(24,25)22-12-10-16(11-13-22)21-20(23)15-6-4-3-5-7-15/h8-9,14-16H,3-7,10-13H2,1-2H3,(H,21,23). The molecule has 8 heteroatoms. The molecule has 1 aromatic rings. The highest BCUT2D eigenvalue weighted by Gasteiger charge is 2.31. The van der Waals surface area contributed by atoms with Gasteiger partial charge in [-0.15, -0.1) is 0 Å². The Labute approximate surface area is 167 Å². The van der Waals surface area contributed by atoms with Crippen molar-refractivity contribution in [1.82, 2.24) is 9.62 Å². The van der Waals surface area contributed by atoms with Gasteiger partial charge in [0.05, 0.1) is 19.1 Å². The predicted molar refractivity (Wildman–Crippen MR) is 106 cm³/mol. The Morgan fingerprint density at radius 3 is 2.25 bits per heavy atom. The second-order valence-corrected chi connectivity index (χ2v) is 9.48. The summed E-state index contributed by atoms with van der Waals surface area (Å²) in [6.45, 7) is 0.790. The number of amides is 1. The Morgan fingerprint density at radius 1 is 1.00 bits per heavy atom. The Bertz CT molecular complexity index is 782. The van der Waals surface area contributed by atoms with E-state index >= 15 is 0 Å². The number of methoxy groups -OCH3 is 2. The number of hydrogen-bond acceptors (Lipinski definition) is 5. The van der Waals surface area contributed by atoms with Gasteiger partial charge >= 0.3 is 0 Å². The molecule has 156 valence electrons. The summed E-state index contributed by atoms with van der Waals surface area (Å²) >= 11 is 0. The van der Waals surface area contributed by atoms with Crippen LogP contribution in [0.4, 0.5) is 0 Å². The van der Waals surface area contributed by atoms with Gasteiger partial charge in [0.1, 0.15) is 0 Å². The molecule has 3 rings (SSSR count). The van der Waals surface area contributed by atoms with E-state index in [1.807, 2.05) is 0 Å². The lowest BCUT2D eigenvalue weighted by atomic mass is 9.88. The smallest absolute Gasteiger partial charge is 0.243 e. The molecule has 1 aliphatic heterocycles. The first-order chi connectivity index (χ1) is 13.5. The van der Waals surface area contributed by atoms with Gasteiger partial charge in [-0.1, -0.05) is 19.3 Å². The second kappa shape index (κ2) is 9.13. The van der Waals surface area contributed by atoms with E-state index in [4.69, 9.17) is 9.47 Å². The van der Waals surface area contributed by atoms with Crippen LogP contribution in [0.3, 0.4) is 0 Å². The van der Waals surface area contributed by atoms with Crippen LogP contribution in [0.1, 0.15) is 44.9 Å². The van der Waals surface area contributed by atoms with Crippen molar-refractivity contribution in [2.24, 2.45) is 5.92 Å². The fourth-order valence-corrected chi connectivity index (χ4v) is 5.54. The van der Waals surface area contributed by atoms with Gasteiger partial charge in [-0.05, 0) is 37.8 Å². The topological polar surface area (TPSA) is 84.9 Å². The lowest BCUT2D eigenvalue weighted by Gasteiger charge is -2.33. The lowest BCUT2D eigenvalue weighted by Crippen LogP contribution is -2.48. The van der Waals surface area contributed by atoms with Gasteiger partial charge in [0.15, 0.2) is 11.5 Å². The summed E-state index contributed by atoms with van der Waals surface area (Å²) in [5.41, 5.74) is 0. The Morgan fingerprint density at radius 2 is 1.64 bits per heavy atom. The minimum Gasteiger partial charge on any atom is -0.493 e. The van der Waals surface area contributed by atoms with Crippen molar-refractivity contribution in [3.8, 4) is 11.5 Å². The maximum Gasteiger partial charge on any atom is 0.243 e. The summed E-state index contributed by atoms with van der Waals surface area (Å²) in [7, 11) is -0.614. The molecule has 0 unspecified atom stereocenters. The van der Waals surface area contributed by atoms with E-state index in [2.05, 4.69) is 5.32 Å². The molecule has 7 nitrogen and oxygen atoms in total. The molecule has 2 aliphatic rings. The van der Waals surface area contributed by atoms with Gasteiger partial charge in [-0.2, -0.15) is 4.31 Å². The molecule has 1 N–H and O–H groups in total. The summed E-state index contributed by atoms with van der Waals surface area (Å²) in [5, 5.41) is 3.14. The van der Waals surface area contributed by atoms with Crippen molar-refractivity contribution in [2.75, 3.05) is 27.3 Å². The number of hydrogen-bond donors (Lipinski definition) is 1. The number of nitrogens with one attached hydrogen (secondary N) is 1. The highest BCUT2D eigenvalue weighted by Crippen LogP contribution is 2.31. The highest BCUT2D eigenvalue weighted by atomic mass is 32.2. The number of carbonyl (C=O) groups excluding carboxylic acids is 1. The summed E-state index contributed by atoms with van der Waals surface area (Å²) in [6, 6.07) is 4.67. The fraction of sp³-hybridized carbons (Fsp3) is 0.650. The third kappa shape index (κ3) is 4.60. The molecule has 0 spiro atoms. The van der Waals surface area contributed by atoms with E-state index in [-0.39, 0.29) is 22.8 Å². The molecule has 2 fully saturated rings.